The Kier molecular flexibility index (Phi) is 3.05. The van der Waals surface area contributed by atoms with Gasteiger partial charge < -0.3 is 14.6 Å². The average molecular weight is 174 g/mol. The summed E-state index contributed by atoms with van der Waals surface area (Å²) in [6.07, 6.45) is 0.234. The van der Waals surface area contributed by atoms with E-state index in [1.165, 1.54) is 7.11 Å². The van der Waals surface area contributed by atoms with Crippen LogP contribution >= 0.6 is 0 Å². The van der Waals surface area contributed by atoms with Gasteiger partial charge >= 0.3 is 5.97 Å². The summed E-state index contributed by atoms with van der Waals surface area (Å²) in [5.41, 5.74) is 0. The van der Waals surface area contributed by atoms with E-state index in [9.17, 15) is 9.90 Å². The van der Waals surface area contributed by atoms with Crippen LogP contribution in [0.4, 0.5) is 0 Å². The minimum absolute atomic E-state index is 0.134. The molecule has 0 saturated carbocycles. The molecule has 1 N–H and O–H groups in total. The van der Waals surface area contributed by atoms with Gasteiger partial charge in [0.2, 0.25) is 0 Å². The molecule has 0 radical (unpaired) electrons. The molecule has 0 aromatic rings. The highest BCUT2D eigenvalue weighted by atomic mass is 16.6. The number of rotatable bonds is 2. The molecule has 3 unspecified atom stereocenters. The summed E-state index contributed by atoms with van der Waals surface area (Å²) in [5.74, 6) is -0.617. The normalized spacial score (nSPS) is 31.6. The van der Waals surface area contributed by atoms with Gasteiger partial charge in [-0.05, 0) is 19.8 Å². The highest BCUT2D eigenvalue weighted by molar-refractivity contribution is 5.74. The van der Waals surface area contributed by atoms with Gasteiger partial charge in [0, 0.05) is 0 Å². The summed E-state index contributed by atoms with van der Waals surface area (Å²) in [6, 6.07) is 0. The summed E-state index contributed by atoms with van der Waals surface area (Å²) < 4.78 is 9.69. The van der Waals surface area contributed by atoms with Crippen molar-refractivity contribution in [2.75, 3.05) is 7.11 Å². The van der Waals surface area contributed by atoms with Gasteiger partial charge in [0.1, 0.15) is 0 Å². The molecule has 4 nitrogen and oxygen atoms in total. The lowest BCUT2D eigenvalue weighted by Crippen LogP contribution is -2.34. The molecule has 0 aromatic heterocycles. The number of hydrogen-bond acceptors (Lipinski definition) is 4. The highest BCUT2D eigenvalue weighted by Crippen LogP contribution is 2.21. The van der Waals surface area contributed by atoms with Gasteiger partial charge in [-0.15, -0.1) is 0 Å². The van der Waals surface area contributed by atoms with E-state index in [4.69, 9.17) is 4.74 Å². The molecule has 0 spiro atoms. The second-order valence-electron chi connectivity index (χ2n) is 3.03. The van der Waals surface area contributed by atoms with E-state index in [2.05, 4.69) is 4.74 Å². The third kappa shape index (κ3) is 1.95. The van der Waals surface area contributed by atoms with Gasteiger partial charge in [0.15, 0.2) is 6.10 Å². The molecule has 0 bridgehead atoms. The number of aliphatic hydroxyl groups is 1. The lowest BCUT2D eigenvalue weighted by molar-refractivity contribution is -0.158. The van der Waals surface area contributed by atoms with Gasteiger partial charge in [0.25, 0.3) is 0 Å². The zero-order chi connectivity index (χ0) is 9.14. The standard InChI is InChI=1S/C8H14O4/c1-5-3-4-6(12-5)7(9)8(10)11-2/h5-7,9H,3-4H2,1-2H3. The molecule has 1 aliphatic heterocycles. The molecule has 1 aliphatic rings. The number of carbonyl (C=O) groups excluding carboxylic acids is 1. The van der Waals surface area contributed by atoms with E-state index in [1.807, 2.05) is 6.92 Å². The molecular formula is C8H14O4. The Morgan fingerprint density at radius 1 is 1.67 bits per heavy atom. The summed E-state index contributed by atoms with van der Waals surface area (Å²) in [4.78, 5) is 10.9. The van der Waals surface area contributed by atoms with E-state index in [0.717, 1.165) is 12.8 Å². The molecular weight excluding hydrogens is 160 g/mol. The molecule has 70 valence electrons. The van der Waals surface area contributed by atoms with E-state index in [-0.39, 0.29) is 12.2 Å². The van der Waals surface area contributed by atoms with Gasteiger partial charge in [-0.25, -0.2) is 4.79 Å². The topological polar surface area (TPSA) is 55.8 Å². The number of aliphatic hydroxyl groups excluding tert-OH is 1. The quantitative estimate of drug-likeness (QED) is 0.603. The Hall–Kier alpha value is -0.610. The molecule has 12 heavy (non-hydrogen) atoms. The van der Waals surface area contributed by atoms with Crippen LogP contribution in [0, 0.1) is 0 Å². The number of esters is 1. The van der Waals surface area contributed by atoms with Crippen LogP contribution in [0.3, 0.4) is 0 Å². The first-order chi connectivity index (χ1) is 5.65. The SMILES string of the molecule is COC(=O)C(O)C1CCC(C)O1. The van der Waals surface area contributed by atoms with Gasteiger partial charge in [0.05, 0.1) is 19.3 Å². The van der Waals surface area contributed by atoms with Crippen LogP contribution in [0.25, 0.3) is 0 Å². The van der Waals surface area contributed by atoms with Gasteiger partial charge in [-0.3, -0.25) is 0 Å². The maximum absolute atomic E-state index is 10.9. The minimum atomic E-state index is -1.13. The molecule has 0 amide bonds. The molecule has 1 saturated heterocycles. The Balaban J connectivity index is 2.42. The van der Waals surface area contributed by atoms with Crippen molar-refractivity contribution in [3.63, 3.8) is 0 Å². The minimum Gasteiger partial charge on any atom is -0.467 e. The number of methoxy groups -OCH3 is 1. The van der Waals surface area contributed by atoms with Crippen LogP contribution in [0.1, 0.15) is 19.8 Å². The number of carbonyl (C=O) groups is 1. The number of hydrogen-bond donors (Lipinski definition) is 1. The predicted octanol–water partition coefficient (Wildman–Crippen LogP) is 0.0878. The van der Waals surface area contributed by atoms with Crippen molar-refractivity contribution >= 4 is 5.97 Å². The largest absolute Gasteiger partial charge is 0.467 e. The molecule has 0 aliphatic carbocycles. The van der Waals surface area contributed by atoms with Crippen molar-refractivity contribution in [2.45, 2.75) is 38.1 Å². The van der Waals surface area contributed by atoms with Crippen molar-refractivity contribution in [1.82, 2.24) is 0 Å². The molecule has 0 aromatic carbocycles. The second kappa shape index (κ2) is 3.87. The van der Waals surface area contributed by atoms with E-state index in [0.29, 0.717) is 0 Å². The van der Waals surface area contributed by atoms with Gasteiger partial charge in [-0.1, -0.05) is 0 Å². The lowest BCUT2D eigenvalue weighted by Gasteiger charge is -2.15. The zero-order valence-corrected chi connectivity index (χ0v) is 7.32. The van der Waals surface area contributed by atoms with Crippen LogP contribution in [-0.2, 0) is 14.3 Å². The van der Waals surface area contributed by atoms with Crippen molar-refractivity contribution in [3.05, 3.63) is 0 Å². The van der Waals surface area contributed by atoms with Crippen molar-refractivity contribution in [2.24, 2.45) is 0 Å². The average Bonchev–Trinajstić information content (AvgIpc) is 2.49. The van der Waals surface area contributed by atoms with Crippen molar-refractivity contribution in [3.8, 4) is 0 Å². The monoisotopic (exact) mass is 174 g/mol. The summed E-state index contributed by atoms with van der Waals surface area (Å²) in [5, 5.41) is 9.34. The summed E-state index contributed by atoms with van der Waals surface area (Å²) >= 11 is 0. The van der Waals surface area contributed by atoms with Crippen molar-refractivity contribution in [1.29, 1.82) is 0 Å². The van der Waals surface area contributed by atoms with E-state index < -0.39 is 12.1 Å². The fraction of sp³-hybridized carbons (Fsp3) is 0.875. The van der Waals surface area contributed by atoms with Crippen LogP contribution in [-0.4, -0.2) is 36.5 Å². The van der Waals surface area contributed by atoms with Crippen molar-refractivity contribution < 1.29 is 19.4 Å². The van der Waals surface area contributed by atoms with Crippen LogP contribution in [0.5, 0.6) is 0 Å². The van der Waals surface area contributed by atoms with Gasteiger partial charge in [-0.2, -0.15) is 0 Å². The van der Waals surface area contributed by atoms with E-state index in [1.54, 1.807) is 0 Å². The molecule has 3 atom stereocenters. The van der Waals surface area contributed by atoms with Crippen LogP contribution in [0.2, 0.25) is 0 Å². The Morgan fingerprint density at radius 2 is 2.33 bits per heavy atom. The smallest absolute Gasteiger partial charge is 0.337 e. The molecule has 1 rings (SSSR count). The lowest BCUT2D eigenvalue weighted by atomic mass is 10.1. The molecule has 1 heterocycles. The Morgan fingerprint density at radius 3 is 2.75 bits per heavy atom. The Labute approximate surface area is 71.5 Å². The third-order valence-corrected chi connectivity index (χ3v) is 2.06. The van der Waals surface area contributed by atoms with E-state index >= 15 is 0 Å². The molecule has 4 heteroatoms. The first-order valence-corrected chi connectivity index (χ1v) is 4.06. The van der Waals surface area contributed by atoms with Crippen LogP contribution in [0.15, 0.2) is 0 Å². The fourth-order valence-electron chi connectivity index (χ4n) is 1.34. The first kappa shape index (κ1) is 9.48. The summed E-state index contributed by atoms with van der Waals surface area (Å²) in [6.45, 7) is 1.92. The maximum atomic E-state index is 10.9. The number of ether oxygens (including phenoxy) is 2. The highest BCUT2D eigenvalue weighted by Gasteiger charge is 2.33. The fourth-order valence-corrected chi connectivity index (χ4v) is 1.34. The maximum Gasteiger partial charge on any atom is 0.337 e. The first-order valence-electron chi connectivity index (χ1n) is 4.06. The third-order valence-electron chi connectivity index (χ3n) is 2.06. The molecule has 1 fully saturated rings. The zero-order valence-electron chi connectivity index (χ0n) is 7.32. The summed E-state index contributed by atoms with van der Waals surface area (Å²) in [7, 11) is 1.25. The Bertz CT molecular complexity index is 168. The second-order valence-corrected chi connectivity index (χ2v) is 3.03. The van der Waals surface area contributed by atoms with Crippen LogP contribution < -0.4 is 0 Å². The predicted molar refractivity (Wildman–Crippen MR) is 41.6 cm³/mol.